The third-order valence-corrected chi connectivity index (χ3v) is 3.55. The van der Waals surface area contributed by atoms with E-state index in [0.717, 1.165) is 18.3 Å². The van der Waals surface area contributed by atoms with E-state index in [1.54, 1.807) is 5.57 Å². The third kappa shape index (κ3) is 25.1. The van der Waals surface area contributed by atoms with Gasteiger partial charge in [-0.1, -0.05) is 97.3 Å². The minimum Gasteiger partial charge on any atom is -0.124 e. The van der Waals surface area contributed by atoms with E-state index in [9.17, 15) is 0 Å². The van der Waals surface area contributed by atoms with Crippen molar-refractivity contribution in [2.24, 2.45) is 11.8 Å². The fourth-order valence-electron chi connectivity index (χ4n) is 2.44. The summed E-state index contributed by atoms with van der Waals surface area (Å²) >= 11 is 0. The summed E-state index contributed by atoms with van der Waals surface area (Å²) in [7, 11) is 0. The van der Waals surface area contributed by atoms with Crippen LogP contribution in [0.25, 0.3) is 0 Å². The van der Waals surface area contributed by atoms with Crippen LogP contribution in [-0.2, 0) is 0 Å². The standard InChI is InChI=1S/C19H34.C3H8.C2H2.CH4/c1-7-11-18(8-2)15-17(6)12-10-13-19(9-3)14-16(4)5;1-3-2;1-2;/h8,10,12-13,16,19H,7,9,11,14-15H2,1-6H3;3H2,1-2H3;1-2H;1H4/b13-10+,17-12-,18-8-;;;/t19-;;;/m1.../s1. The van der Waals surface area contributed by atoms with Gasteiger partial charge < -0.3 is 0 Å². The van der Waals surface area contributed by atoms with Gasteiger partial charge in [0.2, 0.25) is 0 Å². The highest BCUT2D eigenvalue weighted by Gasteiger charge is 2.04. The maximum Gasteiger partial charge on any atom is -0.0108 e. The van der Waals surface area contributed by atoms with Crippen molar-refractivity contribution in [2.75, 3.05) is 0 Å². The van der Waals surface area contributed by atoms with Crippen molar-refractivity contribution >= 4 is 0 Å². The lowest BCUT2D eigenvalue weighted by molar-refractivity contribution is 0.465. The molecule has 25 heavy (non-hydrogen) atoms. The predicted octanol–water partition coefficient (Wildman–Crippen LogP) is 9.00. The molecule has 0 aromatic rings. The fourth-order valence-corrected chi connectivity index (χ4v) is 2.44. The first-order valence-electron chi connectivity index (χ1n) is 9.76. The van der Waals surface area contributed by atoms with Crippen molar-refractivity contribution in [3.8, 4) is 12.8 Å². The Kier molecular flexibility index (Phi) is 31.6. The second-order valence-corrected chi connectivity index (χ2v) is 6.78. The first-order chi connectivity index (χ1) is 11.4. The molecule has 0 aromatic heterocycles. The molecule has 0 heterocycles. The average Bonchev–Trinajstić information content (AvgIpc) is 2.55. The molecule has 148 valence electrons. The molecule has 0 saturated heterocycles. The number of hydrogen-bond donors (Lipinski definition) is 0. The molecule has 0 amide bonds. The van der Waals surface area contributed by atoms with Gasteiger partial charge in [0.15, 0.2) is 0 Å². The number of hydrogen-bond acceptors (Lipinski definition) is 0. The van der Waals surface area contributed by atoms with Crippen molar-refractivity contribution in [1.82, 2.24) is 0 Å². The molecular formula is C25H48. The van der Waals surface area contributed by atoms with E-state index in [0.29, 0.717) is 0 Å². The van der Waals surface area contributed by atoms with E-state index in [2.05, 4.69) is 92.5 Å². The molecule has 0 N–H and O–H groups in total. The number of allylic oxidation sites excluding steroid dienone is 6. The highest BCUT2D eigenvalue weighted by Crippen LogP contribution is 2.18. The van der Waals surface area contributed by atoms with Crippen LogP contribution in [0.2, 0.25) is 0 Å². The molecule has 0 spiro atoms. The van der Waals surface area contributed by atoms with Crippen LogP contribution in [-0.4, -0.2) is 0 Å². The number of rotatable bonds is 9. The minimum absolute atomic E-state index is 0. The molecule has 0 aliphatic carbocycles. The molecule has 0 aliphatic heterocycles. The van der Waals surface area contributed by atoms with Gasteiger partial charge in [-0.25, -0.2) is 0 Å². The maximum absolute atomic E-state index is 4.00. The van der Waals surface area contributed by atoms with E-state index < -0.39 is 0 Å². The lowest BCUT2D eigenvalue weighted by Crippen LogP contribution is -1.99. The van der Waals surface area contributed by atoms with Crippen molar-refractivity contribution in [2.45, 2.75) is 101 Å². The zero-order valence-corrected chi connectivity index (χ0v) is 17.9. The second-order valence-electron chi connectivity index (χ2n) is 6.78. The Morgan fingerprint density at radius 3 is 1.92 bits per heavy atom. The molecule has 1 atom stereocenters. The van der Waals surface area contributed by atoms with Gasteiger partial charge in [0, 0.05) is 0 Å². The van der Waals surface area contributed by atoms with Gasteiger partial charge in [0.1, 0.15) is 0 Å². The van der Waals surface area contributed by atoms with Crippen molar-refractivity contribution in [3.05, 3.63) is 35.5 Å². The molecule has 0 nitrogen and oxygen atoms in total. The zero-order chi connectivity index (χ0) is 19.4. The summed E-state index contributed by atoms with van der Waals surface area (Å²) in [6.07, 6.45) is 24.6. The normalized spacial score (nSPS) is 12.6. The van der Waals surface area contributed by atoms with E-state index in [4.69, 9.17) is 0 Å². The molecule has 0 fully saturated rings. The van der Waals surface area contributed by atoms with Crippen LogP contribution in [0.1, 0.15) is 101 Å². The molecule has 0 aliphatic rings. The third-order valence-electron chi connectivity index (χ3n) is 3.55. The van der Waals surface area contributed by atoms with Crippen LogP contribution < -0.4 is 0 Å². The van der Waals surface area contributed by atoms with Crippen molar-refractivity contribution in [1.29, 1.82) is 0 Å². The van der Waals surface area contributed by atoms with Crippen LogP contribution >= 0.6 is 0 Å². The second kappa shape index (κ2) is 25.0. The molecule has 0 radical (unpaired) electrons. The van der Waals surface area contributed by atoms with Gasteiger partial charge in [-0.2, -0.15) is 0 Å². The molecule has 0 saturated carbocycles. The molecule has 0 bridgehead atoms. The largest absolute Gasteiger partial charge is 0.124 e. The van der Waals surface area contributed by atoms with Crippen LogP contribution in [0, 0.1) is 24.7 Å². The summed E-state index contributed by atoms with van der Waals surface area (Å²) in [4.78, 5) is 0. The average molecular weight is 349 g/mol. The molecule has 0 heteroatoms. The number of terminal acetylenes is 1. The SMILES string of the molecule is C.C#C.C/C=C(/CCC)C/C(C)=C\C=C\[C@@H](CC)CC(C)C.CCC. The summed E-state index contributed by atoms with van der Waals surface area (Å²) < 4.78 is 0. The Bertz CT molecular complexity index is 349. The lowest BCUT2D eigenvalue weighted by Gasteiger charge is -2.12. The van der Waals surface area contributed by atoms with Crippen LogP contribution in [0.3, 0.4) is 0 Å². The monoisotopic (exact) mass is 348 g/mol. The van der Waals surface area contributed by atoms with Crippen molar-refractivity contribution in [3.63, 3.8) is 0 Å². The molecule has 0 unspecified atom stereocenters. The summed E-state index contributed by atoms with van der Waals surface area (Å²) in [5, 5.41) is 0. The van der Waals surface area contributed by atoms with Crippen molar-refractivity contribution < 1.29 is 0 Å². The van der Waals surface area contributed by atoms with Crippen LogP contribution in [0.4, 0.5) is 0 Å². The van der Waals surface area contributed by atoms with Crippen LogP contribution in [0.5, 0.6) is 0 Å². The van der Waals surface area contributed by atoms with E-state index in [-0.39, 0.29) is 7.43 Å². The van der Waals surface area contributed by atoms with E-state index in [1.807, 2.05) is 0 Å². The highest BCUT2D eigenvalue weighted by molar-refractivity contribution is 5.18. The Hall–Kier alpha value is -1.22. The zero-order valence-electron chi connectivity index (χ0n) is 17.9. The molecule has 0 aromatic carbocycles. The van der Waals surface area contributed by atoms with Gasteiger partial charge in [0.05, 0.1) is 0 Å². The van der Waals surface area contributed by atoms with Gasteiger partial charge in [-0.05, 0) is 51.4 Å². The Morgan fingerprint density at radius 2 is 1.56 bits per heavy atom. The summed E-state index contributed by atoms with van der Waals surface area (Å²) in [6, 6.07) is 0. The van der Waals surface area contributed by atoms with Crippen LogP contribution in [0.15, 0.2) is 35.5 Å². The smallest absolute Gasteiger partial charge is 0.0108 e. The van der Waals surface area contributed by atoms with E-state index >= 15 is 0 Å². The predicted molar refractivity (Wildman–Crippen MR) is 122 cm³/mol. The fraction of sp³-hybridized carbons (Fsp3) is 0.680. The molecule has 0 rings (SSSR count). The van der Waals surface area contributed by atoms with E-state index in [1.165, 1.54) is 37.7 Å². The topological polar surface area (TPSA) is 0 Å². The highest BCUT2D eigenvalue weighted by atomic mass is 14.1. The quantitative estimate of drug-likeness (QED) is 0.221. The van der Waals surface area contributed by atoms with Gasteiger partial charge in [0.25, 0.3) is 0 Å². The van der Waals surface area contributed by atoms with Gasteiger partial charge in [-0.3, -0.25) is 0 Å². The Balaban J connectivity index is -0.000000329. The van der Waals surface area contributed by atoms with Gasteiger partial charge in [-0.15, -0.1) is 12.8 Å². The Labute approximate surface area is 161 Å². The summed E-state index contributed by atoms with van der Waals surface area (Å²) in [5.74, 6) is 1.53. The minimum atomic E-state index is 0. The summed E-state index contributed by atoms with van der Waals surface area (Å²) in [5.41, 5.74) is 3.04. The summed E-state index contributed by atoms with van der Waals surface area (Å²) in [6.45, 7) is 17.8. The first kappa shape index (κ1) is 31.5. The molecular weight excluding hydrogens is 300 g/mol. The lowest BCUT2D eigenvalue weighted by atomic mass is 9.94. The maximum atomic E-state index is 4.00. The Morgan fingerprint density at radius 1 is 1.04 bits per heavy atom. The first-order valence-corrected chi connectivity index (χ1v) is 9.76. The van der Waals surface area contributed by atoms with Gasteiger partial charge >= 0.3 is 0 Å².